The normalized spacial score (nSPS) is 11.6. The third kappa shape index (κ3) is 1.99. The molecule has 0 aliphatic carbocycles. The first-order valence-electron chi connectivity index (χ1n) is 4.52. The van der Waals surface area contributed by atoms with Gasteiger partial charge < -0.3 is 0 Å². The summed E-state index contributed by atoms with van der Waals surface area (Å²) in [5, 5.41) is 7.67. The molecular formula is C10H10N2O2S2. The number of primary sulfonamides is 1. The van der Waals surface area contributed by atoms with Gasteiger partial charge in [0.1, 0.15) is 5.01 Å². The van der Waals surface area contributed by atoms with E-state index in [1.807, 2.05) is 0 Å². The van der Waals surface area contributed by atoms with Gasteiger partial charge in [0.25, 0.3) is 0 Å². The molecule has 4 nitrogen and oxygen atoms in total. The third-order valence-corrected chi connectivity index (χ3v) is 4.08. The Kier molecular flexibility index (Phi) is 2.79. The van der Waals surface area contributed by atoms with Crippen molar-refractivity contribution in [2.45, 2.75) is 11.8 Å². The van der Waals surface area contributed by atoms with Crippen LogP contribution < -0.4 is 5.14 Å². The van der Waals surface area contributed by atoms with E-state index >= 15 is 0 Å². The standard InChI is InChI=1S/C10H10N2O2S2/c1-7-3-2-4-8(9(7)16(11,13)14)10-12-5-6-15-10/h2-6H,1H3,(H2,11,13,14). The van der Waals surface area contributed by atoms with E-state index in [4.69, 9.17) is 5.14 Å². The van der Waals surface area contributed by atoms with Crippen LogP contribution in [0.1, 0.15) is 5.56 Å². The minimum atomic E-state index is -3.72. The van der Waals surface area contributed by atoms with Crippen LogP contribution in [0.15, 0.2) is 34.7 Å². The Balaban J connectivity index is 2.77. The van der Waals surface area contributed by atoms with Crippen molar-refractivity contribution in [1.29, 1.82) is 0 Å². The van der Waals surface area contributed by atoms with E-state index in [2.05, 4.69) is 4.98 Å². The van der Waals surface area contributed by atoms with Crippen molar-refractivity contribution in [2.75, 3.05) is 0 Å². The van der Waals surface area contributed by atoms with Gasteiger partial charge in [-0.3, -0.25) is 0 Å². The largest absolute Gasteiger partial charge is 0.245 e. The Morgan fingerprint density at radius 2 is 2.12 bits per heavy atom. The van der Waals surface area contributed by atoms with Crippen LogP contribution in [-0.2, 0) is 10.0 Å². The Morgan fingerprint density at radius 1 is 1.38 bits per heavy atom. The van der Waals surface area contributed by atoms with Crippen LogP contribution >= 0.6 is 11.3 Å². The molecule has 0 spiro atoms. The molecule has 1 aromatic heterocycles. The summed E-state index contributed by atoms with van der Waals surface area (Å²) in [6, 6.07) is 5.23. The molecule has 0 aliphatic rings. The zero-order valence-corrected chi connectivity index (χ0v) is 10.2. The van der Waals surface area contributed by atoms with Crippen molar-refractivity contribution in [2.24, 2.45) is 5.14 Å². The van der Waals surface area contributed by atoms with E-state index in [0.29, 0.717) is 16.1 Å². The summed E-state index contributed by atoms with van der Waals surface area (Å²) in [6.07, 6.45) is 1.63. The highest BCUT2D eigenvalue weighted by Crippen LogP contribution is 2.30. The van der Waals surface area contributed by atoms with Crippen LogP contribution in [-0.4, -0.2) is 13.4 Å². The van der Waals surface area contributed by atoms with Crippen molar-refractivity contribution >= 4 is 21.4 Å². The maximum absolute atomic E-state index is 11.5. The molecule has 0 fully saturated rings. The zero-order valence-electron chi connectivity index (χ0n) is 8.54. The van der Waals surface area contributed by atoms with Gasteiger partial charge in [-0.15, -0.1) is 11.3 Å². The topological polar surface area (TPSA) is 73.0 Å². The van der Waals surface area contributed by atoms with E-state index in [1.165, 1.54) is 11.3 Å². The highest BCUT2D eigenvalue weighted by atomic mass is 32.2. The first-order valence-corrected chi connectivity index (χ1v) is 6.95. The fourth-order valence-electron chi connectivity index (χ4n) is 1.55. The predicted molar refractivity (Wildman–Crippen MR) is 63.7 cm³/mol. The summed E-state index contributed by atoms with van der Waals surface area (Å²) >= 11 is 1.38. The molecule has 0 radical (unpaired) electrons. The predicted octanol–water partition coefficient (Wildman–Crippen LogP) is 1.77. The summed E-state index contributed by atoms with van der Waals surface area (Å²) in [4.78, 5) is 4.26. The van der Waals surface area contributed by atoms with Crippen molar-refractivity contribution in [3.8, 4) is 10.6 Å². The van der Waals surface area contributed by atoms with Crippen LogP contribution in [0.2, 0.25) is 0 Å². The number of nitrogens with two attached hydrogens (primary N) is 1. The second kappa shape index (κ2) is 3.97. The number of aromatic nitrogens is 1. The van der Waals surface area contributed by atoms with Crippen molar-refractivity contribution in [1.82, 2.24) is 4.98 Å². The Morgan fingerprint density at radius 3 is 2.69 bits per heavy atom. The zero-order chi connectivity index (χ0) is 11.8. The van der Waals surface area contributed by atoms with E-state index in [0.717, 1.165) is 0 Å². The van der Waals surface area contributed by atoms with Gasteiger partial charge >= 0.3 is 0 Å². The van der Waals surface area contributed by atoms with Crippen LogP contribution in [0.3, 0.4) is 0 Å². The molecule has 1 aromatic carbocycles. The van der Waals surface area contributed by atoms with Gasteiger partial charge in [0, 0.05) is 17.1 Å². The SMILES string of the molecule is Cc1cccc(-c2nccs2)c1S(N)(=O)=O. The molecule has 2 rings (SSSR count). The highest BCUT2D eigenvalue weighted by Gasteiger charge is 2.18. The number of nitrogens with zero attached hydrogens (tertiary/aromatic N) is 1. The molecule has 2 aromatic rings. The number of hydrogen-bond acceptors (Lipinski definition) is 4. The lowest BCUT2D eigenvalue weighted by molar-refractivity contribution is 0.597. The molecular weight excluding hydrogens is 244 g/mol. The number of rotatable bonds is 2. The van der Waals surface area contributed by atoms with Gasteiger partial charge in [-0.2, -0.15) is 0 Å². The number of aryl methyl sites for hydroxylation is 1. The van der Waals surface area contributed by atoms with Crippen molar-refractivity contribution in [3.63, 3.8) is 0 Å². The lowest BCUT2D eigenvalue weighted by atomic mass is 10.1. The molecule has 0 amide bonds. The summed E-state index contributed by atoms with van der Waals surface area (Å²) in [7, 11) is -3.72. The average Bonchev–Trinajstić information content (AvgIpc) is 2.67. The molecule has 1 heterocycles. The van der Waals surface area contributed by atoms with E-state index in [9.17, 15) is 8.42 Å². The lowest BCUT2D eigenvalue weighted by Crippen LogP contribution is -2.14. The number of hydrogen-bond donors (Lipinski definition) is 1. The average molecular weight is 254 g/mol. The summed E-state index contributed by atoms with van der Waals surface area (Å²) < 4.78 is 23.0. The van der Waals surface area contributed by atoms with E-state index in [-0.39, 0.29) is 4.90 Å². The molecule has 84 valence electrons. The summed E-state index contributed by atoms with van der Waals surface area (Å²) in [5.41, 5.74) is 1.20. The van der Waals surface area contributed by atoms with Crippen LogP contribution in [0.4, 0.5) is 0 Å². The van der Waals surface area contributed by atoms with Crippen molar-refractivity contribution < 1.29 is 8.42 Å². The second-order valence-electron chi connectivity index (χ2n) is 3.33. The second-order valence-corrected chi connectivity index (χ2v) is 5.73. The molecule has 0 saturated heterocycles. The van der Waals surface area contributed by atoms with Gasteiger partial charge in [-0.1, -0.05) is 18.2 Å². The fraction of sp³-hybridized carbons (Fsp3) is 0.100. The van der Waals surface area contributed by atoms with E-state index in [1.54, 1.807) is 36.7 Å². The van der Waals surface area contributed by atoms with Gasteiger partial charge in [-0.25, -0.2) is 18.5 Å². The maximum Gasteiger partial charge on any atom is 0.239 e. The van der Waals surface area contributed by atoms with Crippen LogP contribution in [0.25, 0.3) is 10.6 Å². The molecule has 2 N–H and O–H groups in total. The Bertz CT molecular complexity index is 604. The quantitative estimate of drug-likeness (QED) is 0.887. The molecule has 0 saturated carbocycles. The first kappa shape index (κ1) is 11.3. The molecule has 16 heavy (non-hydrogen) atoms. The smallest absolute Gasteiger partial charge is 0.239 e. The highest BCUT2D eigenvalue weighted by molar-refractivity contribution is 7.89. The van der Waals surface area contributed by atoms with Gasteiger partial charge in [-0.05, 0) is 12.5 Å². The molecule has 6 heteroatoms. The molecule has 0 atom stereocenters. The number of sulfonamides is 1. The van der Waals surface area contributed by atoms with E-state index < -0.39 is 10.0 Å². The summed E-state index contributed by atoms with van der Waals surface area (Å²) in [5.74, 6) is 0. The lowest BCUT2D eigenvalue weighted by Gasteiger charge is -2.07. The molecule has 0 aliphatic heterocycles. The number of benzene rings is 1. The Labute approximate surface area is 97.8 Å². The van der Waals surface area contributed by atoms with Gasteiger partial charge in [0.15, 0.2) is 0 Å². The summed E-state index contributed by atoms with van der Waals surface area (Å²) in [6.45, 7) is 1.72. The minimum absolute atomic E-state index is 0.157. The first-order chi connectivity index (χ1) is 7.50. The monoisotopic (exact) mass is 254 g/mol. The van der Waals surface area contributed by atoms with Gasteiger partial charge in [0.2, 0.25) is 10.0 Å². The van der Waals surface area contributed by atoms with Crippen LogP contribution in [0.5, 0.6) is 0 Å². The maximum atomic E-state index is 11.5. The van der Waals surface area contributed by atoms with Crippen LogP contribution in [0, 0.1) is 6.92 Å². The fourth-order valence-corrected chi connectivity index (χ4v) is 3.28. The third-order valence-electron chi connectivity index (χ3n) is 2.16. The number of thiazole rings is 1. The molecule has 0 unspecified atom stereocenters. The minimum Gasteiger partial charge on any atom is -0.245 e. The Hall–Kier alpha value is -1.24. The van der Waals surface area contributed by atoms with Crippen molar-refractivity contribution in [3.05, 3.63) is 35.3 Å². The van der Waals surface area contributed by atoms with Gasteiger partial charge in [0.05, 0.1) is 4.90 Å². The molecule has 0 bridgehead atoms.